The zero-order valence-corrected chi connectivity index (χ0v) is 19.7. The Hall–Kier alpha value is -2.80. The van der Waals surface area contributed by atoms with Gasteiger partial charge >= 0.3 is 0 Å². The van der Waals surface area contributed by atoms with Crippen molar-refractivity contribution in [2.75, 3.05) is 6.61 Å². The van der Waals surface area contributed by atoms with Crippen LogP contribution in [0, 0.1) is 6.92 Å². The van der Waals surface area contributed by atoms with Gasteiger partial charge in [-0.05, 0) is 63.9 Å². The molecule has 0 bridgehead atoms. The van der Waals surface area contributed by atoms with E-state index in [-0.39, 0.29) is 11.2 Å². The molecule has 1 aromatic heterocycles. The Morgan fingerprint density at radius 3 is 2.62 bits per heavy atom. The number of rotatable bonds is 8. The number of aromatic nitrogens is 3. The van der Waals surface area contributed by atoms with Gasteiger partial charge in [0.25, 0.3) is 0 Å². The van der Waals surface area contributed by atoms with E-state index in [1.54, 1.807) is 0 Å². The molecule has 168 valence electrons. The van der Waals surface area contributed by atoms with Crippen molar-refractivity contribution in [3.63, 3.8) is 0 Å². The maximum absolute atomic E-state index is 12.8. The number of nitrogens with one attached hydrogen (secondary N) is 1. The van der Waals surface area contributed by atoms with Crippen LogP contribution in [0.15, 0.2) is 53.7 Å². The number of carbonyl (C=O) groups excluding carboxylic acids is 1. The Balaban J connectivity index is 1.65. The number of hydrogen-bond donors (Lipinski definition) is 1. The number of amides is 1. The van der Waals surface area contributed by atoms with Crippen LogP contribution in [-0.4, -0.2) is 38.6 Å². The first-order chi connectivity index (χ1) is 15.5. The molecule has 1 atom stereocenters. The van der Waals surface area contributed by atoms with Crippen molar-refractivity contribution in [2.24, 2.45) is 0 Å². The number of thioether (sulfide) groups is 1. The highest BCUT2D eigenvalue weighted by Gasteiger charge is 2.24. The van der Waals surface area contributed by atoms with Crippen LogP contribution in [0.1, 0.15) is 45.1 Å². The summed E-state index contributed by atoms with van der Waals surface area (Å²) >= 11 is 1.44. The average Bonchev–Trinajstić information content (AvgIpc) is 3.44. The van der Waals surface area contributed by atoms with E-state index in [9.17, 15) is 4.79 Å². The van der Waals surface area contributed by atoms with E-state index in [1.807, 2.05) is 54.8 Å². The van der Waals surface area contributed by atoms with Crippen LogP contribution in [-0.2, 0) is 4.79 Å². The van der Waals surface area contributed by atoms with Crippen molar-refractivity contribution in [1.82, 2.24) is 20.1 Å². The molecule has 0 aliphatic heterocycles. The average molecular weight is 451 g/mol. The predicted octanol–water partition coefficient (Wildman–Crippen LogP) is 5.18. The van der Waals surface area contributed by atoms with Crippen molar-refractivity contribution in [2.45, 2.75) is 62.9 Å². The van der Waals surface area contributed by atoms with E-state index in [2.05, 4.69) is 34.6 Å². The number of ether oxygens (including phenoxy) is 1. The molecule has 0 saturated heterocycles. The van der Waals surface area contributed by atoms with Gasteiger partial charge in [-0.3, -0.25) is 9.36 Å². The predicted molar refractivity (Wildman–Crippen MR) is 128 cm³/mol. The molecule has 1 fully saturated rings. The highest BCUT2D eigenvalue weighted by molar-refractivity contribution is 8.00. The Kier molecular flexibility index (Phi) is 7.15. The van der Waals surface area contributed by atoms with Crippen LogP contribution < -0.4 is 10.1 Å². The van der Waals surface area contributed by atoms with Gasteiger partial charge in [-0.1, -0.05) is 48.4 Å². The molecule has 1 N–H and O–H groups in total. The molecule has 1 amide bonds. The fourth-order valence-electron chi connectivity index (χ4n) is 4.01. The number of benzene rings is 2. The summed E-state index contributed by atoms with van der Waals surface area (Å²) in [6.07, 6.45) is 4.53. The van der Waals surface area contributed by atoms with Gasteiger partial charge in [0.2, 0.25) is 5.91 Å². The molecule has 1 aliphatic rings. The molecule has 32 heavy (non-hydrogen) atoms. The molecule has 7 heteroatoms. The van der Waals surface area contributed by atoms with Gasteiger partial charge in [-0.2, -0.15) is 0 Å². The van der Waals surface area contributed by atoms with Gasteiger partial charge in [0, 0.05) is 17.3 Å². The van der Waals surface area contributed by atoms with E-state index in [4.69, 9.17) is 4.74 Å². The van der Waals surface area contributed by atoms with Crippen molar-refractivity contribution in [3.05, 3.63) is 54.1 Å². The second kappa shape index (κ2) is 10.2. The SMILES string of the molecule is CCOc1ccc(-n2c(S[C@@H](C)C(=O)NC3CCCC3)nnc2-c2cccc(C)c2)cc1. The van der Waals surface area contributed by atoms with Crippen molar-refractivity contribution < 1.29 is 9.53 Å². The minimum absolute atomic E-state index is 0.0558. The number of hydrogen-bond acceptors (Lipinski definition) is 5. The van der Waals surface area contributed by atoms with Crippen LogP contribution >= 0.6 is 11.8 Å². The minimum Gasteiger partial charge on any atom is -0.494 e. The fourth-order valence-corrected chi connectivity index (χ4v) is 4.89. The second-order valence-electron chi connectivity index (χ2n) is 8.19. The molecule has 6 nitrogen and oxygen atoms in total. The lowest BCUT2D eigenvalue weighted by molar-refractivity contribution is -0.120. The molecule has 4 rings (SSSR count). The maximum atomic E-state index is 12.8. The summed E-state index contributed by atoms with van der Waals surface area (Å²) in [7, 11) is 0. The highest BCUT2D eigenvalue weighted by Crippen LogP contribution is 2.31. The van der Waals surface area contributed by atoms with Crippen LogP contribution in [0.4, 0.5) is 0 Å². The van der Waals surface area contributed by atoms with Gasteiger partial charge in [0.15, 0.2) is 11.0 Å². The summed E-state index contributed by atoms with van der Waals surface area (Å²) < 4.78 is 7.62. The third kappa shape index (κ3) is 5.15. The first-order valence-corrected chi connectivity index (χ1v) is 12.2. The Morgan fingerprint density at radius 1 is 1.19 bits per heavy atom. The zero-order chi connectivity index (χ0) is 22.5. The largest absolute Gasteiger partial charge is 0.494 e. The van der Waals surface area contributed by atoms with Gasteiger partial charge in [0.05, 0.1) is 11.9 Å². The first kappa shape index (κ1) is 22.4. The maximum Gasteiger partial charge on any atom is 0.233 e. The molecule has 1 heterocycles. The van der Waals surface area contributed by atoms with Gasteiger partial charge in [0.1, 0.15) is 5.75 Å². The standard InChI is InChI=1S/C25H30N4O2S/c1-4-31-22-14-12-21(13-15-22)29-23(19-9-7-8-17(2)16-19)27-28-25(29)32-18(3)24(30)26-20-10-5-6-11-20/h7-9,12-16,18,20H,4-6,10-11H2,1-3H3,(H,26,30)/t18-/m0/s1. The van der Waals surface area contributed by atoms with Crippen LogP contribution in [0.5, 0.6) is 5.75 Å². The summed E-state index contributed by atoms with van der Waals surface area (Å²) in [6, 6.07) is 16.4. The fraction of sp³-hybridized carbons (Fsp3) is 0.400. The van der Waals surface area contributed by atoms with Crippen LogP contribution in [0.2, 0.25) is 0 Å². The molecule has 2 aromatic carbocycles. The first-order valence-electron chi connectivity index (χ1n) is 11.3. The number of nitrogens with zero attached hydrogens (tertiary/aromatic N) is 3. The van der Waals surface area contributed by atoms with Crippen molar-refractivity contribution in [3.8, 4) is 22.8 Å². The minimum atomic E-state index is -0.272. The molecular weight excluding hydrogens is 420 g/mol. The third-order valence-electron chi connectivity index (χ3n) is 5.67. The van der Waals surface area contributed by atoms with E-state index >= 15 is 0 Å². The normalized spacial score (nSPS) is 15.0. The summed E-state index contributed by atoms with van der Waals surface area (Å²) in [5.41, 5.74) is 3.07. The zero-order valence-electron chi connectivity index (χ0n) is 18.9. The third-order valence-corrected chi connectivity index (χ3v) is 6.71. The van der Waals surface area contributed by atoms with Crippen LogP contribution in [0.3, 0.4) is 0 Å². The lowest BCUT2D eigenvalue weighted by Crippen LogP contribution is -2.37. The summed E-state index contributed by atoms with van der Waals surface area (Å²) in [5, 5.41) is 12.6. The van der Waals surface area contributed by atoms with Crippen molar-refractivity contribution >= 4 is 17.7 Å². The smallest absolute Gasteiger partial charge is 0.233 e. The van der Waals surface area contributed by atoms with Gasteiger partial charge in [-0.25, -0.2) is 0 Å². The van der Waals surface area contributed by atoms with E-state index in [0.29, 0.717) is 17.8 Å². The summed E-state index contributed by atoms with van der Waals surface area (Å²) in [6.45, 7) is 6.58. The van der Waals surface area contributed by atoms with E-state index in [0.717, 1.165) is 41.2 Å². The molecule has 1 aliphatic carbocycles. The molecule has 3 aromatic rings. The lowest BCUT2D eigenvalue weighted by atomic mass is 10.1. The van der Waals surface area contributed by atoms with E-state index < -0.39 is 0 Å². The van der Waals surface area contributed by atoms with Gasteiger partial charge < -0.3 is 10.1 Å². The molecule has 0 unspecified atom stereocenters. The number of aryl methyl sites for hydroxylation is 1. The monoisotopic (exact) mass is 450 g/mol. The highest BCUT2D eigenvalue weighted by atomic mass is 32.2. The lowest BCUT2D eigenvalue weighted by Gasteiger charge is -2.17. The Bertz CT molecular complexity index is 1060. The molecule has 0 spiro atoms. The molecule has 1 saturated carbocycles. The van der Waals surface area contributed by atoms with Gasteiger partial charge in [-0.15, -0.1) is 10.2 Å². The van der Waals surface area contributed by atoms with E-state index in [1.165, 1.54) is 24.6 Å². The second-order valence-corrected chi connectivity index (χ2v) is 9.50. The number of carbonyl (C=O) groups is 1. The van der Waals surface area contributed by atoms with Crippen LogP contribution in [0.25, 0.3) is 17.1 Å². The summed E-state index contributed by atoms with van der Waals surface area (Å²) in [5.74, 6) is 1.63. The van der Waals surface area contributed by atoms with Crippen molar-refractivity contribution in [1.29, 1.82) is 0 Å². The molecular formula is C25H30N4O2S. The quantitative estimate of drug-likeness (QED) is 0.479. The topological polar surface area (TPSA) is 69.0 Å². The summed E-state index contributed by atoms with van der Waals surface area (Å²) in [4.78, 5) is 12.8. The molecule has 0 radical (unpaired) electrons. The Morgan fingerprint density at radius 2 is 1.94 bits per heavy atom. The Labute approximate surface area is 193 Å².